The molecule has 0 unspecified atom stereocenters. The molecule has 0 N–H and O–H groups in total. The average Bonchev–Trinajstić information content (AvgIpc) is 0. The Morgan fingerprint density at radius 1 is 0.500 bits per heavy atom. The van der Waals surface area contributed by atoms with E-state index in [9.17, 15) is 0 Å². The molecule has 0 fully saturated rings. The Bertz CT molecular complexity index is 8.75. The van der Waals surface area contributed by atoms with Gasteiger partial charge in [0, 0.05) is 0 Å². The molecule has 24 valence electrons. The summed E-state index contributed by atoms with van der Waals surface area (Å²) in [6.45, 7) is 0. The maximum atomic E-state index is 0. The standard InChI is InChI=1S/2In.3O.Zn/q2*+3;3*-2;+2. The number of rotatable bonds is 0. The van der Waals surface area contributed by atoms with E-state index < -0.39 is 0 Å². The van der Waals surface area contributed by atoms with E-state index in [1.54, 1.807) is 0 Å². The van der Waals surface area contributed by atoms with Gasteiger partial charge in [-0.2, -0.15) is 0 Å². The molecule has 6 heteroatoms. The van der Waals surface area contributed by atoms with E-state index in [1.807, 2.05) is 0 Å². The molecular weight excluding hydrogens is 343 g/mol. The minimum Gasteiger partial charge on any atom is -2.00 e. The second kappa shape index (κ2) is 56.1. The summed E-state index contributed by atoms with van der Waals surface area (Å²) >= 11 is 0. The van der Waals surface area contributed by atoms with Gasteiger partial charge in [0.1, 0.15) is 0 Å². The van der Waals surface area contributed by atoms with E-state index >= 15 is 0 Å². The monoisotopic (exact) mass is 342 g/mol. The Hall–Kier alpha value is 2.24. The SMILES string of the molecule is [In+3].[In+3].[O-2].[O-2].[O-2].[Zn+2]. The summed E-state index contributed by atoms with van der Waals surface area (Å²) in [6, 6.07) is 0. The van der Waals surface area contributed by atoms with Crippen LogP contribution in [0.4, 0.5) is 0 Å². The van der Waals surface area contributed by atoms with Crippen LogP contribution in [0.3, 0.4) is 0 Å². The Morgan fingerprint density at radius 2 is 0.500 bits per heavy atom. The molecule has 0 aliphatic heterocycles. The maximum Gasteiger partial charge on any atom is 3.00 e. The van der Waals surface area contributed by atoms with E-state index in [0.29, 0.717) is 0 Å². The quantitative estimate of drug-likeness (QED) is 0.499. The van der Waals surface area contributed by atoms with Gasteiger partial charge in [0.2, 0.25) is 0 Å². The van der Waals surface area contributed by atoms with Crippen molar-refractivity contribution in [2.75, 3.05) is 0 Å². The Kier molecular flexibility index (Phi) is 803. The van der Waals surface area contributed by atoms with Gasteiger partial charge >= 0.3 is 71.2 Å². The summed E-state index contributed by atoms with van der Waals surface area (Å²) in [5, 5.41) is 0. The molecule has 0 aliphatic rings. The van der Waals surface area contributed by atoms with Gasteiger partial charge in [-0.1, -0.05) is 0 Å². The molecule has 6 heavy (non-hydrogen) atoms. The van der Waals surface area contributed by atoms with Gasteiger partial charge in [-0.3, -0.25) is 0 Å². The zero-order valence-electron chi connectivity index (χ0n) is 3.09. The molecule has 0 saturated heterocycles. The maximum absolute atomic E-state index is 0. The van der Waals surface area contributed by atoms with Gasteiger partial charge in [-0.05, 0) is 0 Å². The van der Waals surface area contributed by atoms with E-state index in [-0.39, 0.29) is 87.6 Å². The van der Waals surface area contributed by atoms with Crippen molar-refractivity contribution in [3.05, 3.63) is 0 Å². The van der Waals surface area contributed by atoms with Gasteiger partial charge < -0.3 is 16.4 Å². The van der Waals surface area contributed by atoms with Crippen LogP contribution in [0.5, 0.6) is 0 Å². The predicted molar refractivity (Wildman–Crippen MR) is 13.6 cm³/mol. The first-order valence-electron chi connectivity index (χ1n) is 0. The van der Waals surface area contributed by atoms with Crippen LogP contribution in [0.1, 0.15) is 0 Å². The van der Waals surface area contributed by atoms with Crippen LogP contribution in [0.2, 0.25) is 0 Å². The predicted octanol–water partition coefficient (Wildman–Crippen LogP) is -1.12. The third kappa shape index (κ3) is 34.1. The Labute approximate surface area is 86.5 Å². The smallest absolute Gasteiger partial charge is 2.00 e. The fourth-order valence-electron chi connectivity index (χ4n) is 0. The fraction of sp³-hybridized carbons (Fsp3) is 0. The molecule has 0 saturated carbocycles. The van der Waals surface area contributed by atoms with Crippen molar-refractivity contribution in [1.82, 2.24) is 0 Å². The Morgan fingerprint density at radius 3 is 0.500 bits per heavy atom. The Balaban J connectivity index is 0. The molecule has 3 nitrogen and oxygen atoms in total. The van der Waals surface area contributed by atoms with Crippen LogP contribution in [0.15, 0.2) is 0 Å². The zero-order chi connectivity index (χ0) is 0. The molecule has 0 radical (unpaired) electrons. The molecular formula is In2O3Zn+2. The first-order chi connectivity index (χ1) is 0. The summed E-state index contributed by atoms with van der Waals surface area (Å²) in [4.78, 5) is 0. The largest absolute Gasteiger partial charge is 3.00 e. The molecule has 0 heterocycles. The van der Waals surface area contributed by atoms with Crippen molar-refractivity contribution in [3.63, 3.8) is 0 Å². The van der Waals surface area contributed by atoms with Crippen molar-refractivity contribution in [2.45, 2.75) is 0 Å². The summed E-state index contributed by atoms with van der Waals surface area (Å²) in [7, 11) is 0. The number of hydrogen-bond donors (Lipinski definition) is 0. The van der Waals surface area contributed by atoms with Crippen LogP contribution in [-0.4, -0.2) is 51.7 Å². The summed E-state index contributed by atoms with van der Waals surface area (Å²) in [5.74, 6) is 0. The summed E-state index contributed by atoms with van der Waals surface area (Å²) in [5.41, 5.74) is 0. The molecule has 0 aromatic carbocycles. The van der Waals surface area contributed by atoms with Gasteiger partial charge in [0.05, 0.1) is 0 Å². The van der Waals surface area contributed by atoms with E-state index in [1.165, 1.54) is 0 Å². The molecule has 0 aliphatic carbocycles. The van der Waals surface area contributed by atoms with Gasteiger partial charge in [-0.25, -0.2) is 0 Å². The molecule has 0 spiro atoms. The zero-order valence-corrected chi connectivity index (χ0v) is 12.6. The molecule has 0 rings (SSSR count). The fourth-order valence-corrected chi connectivity index (χ4v) is 0. The van der Waals surface area contributed by atoms with Crippen molar-refractivity contribution >= 4 is 51.7 Å². The van der Waals surface area contributed by atoms with E-state index in [2.05, 4.69) is 0 Å². The average molecular weight is 343 g/mol. The van der Waals surface area contributed by atoms with Crippen molar-refractivity contribution < 1.29 is 35.9 Å². The second-order valence-corrected chi connectivity index (χ2v) is 0. The second-order valence-electron chi connectivity index (χ2n) is 0. The first-order valence-corrected chi connectivity index (χ1v) is 0. The third-order valence-electron chi connectivity index (χ3n) is 0. The van der Waals surface area contributed by atoms with Crippen LogP contribution in [0, 0.1) is 0 Å². The van der Waals surface area contributed by atoms with Crippen LogP contribution in [-0.2, 0) is 35.9 Å². The number of hydrogen-bond acceptors (Lipinski definition) is 0. The molecule has 0 atom stereocenters. The van der Waals surface area contributed by atoms with Gasteiger partial charge in [0.15, 0.2) is 0 Å². The first kappa shape index (κ1) is 85.9. The normalized spacial score (nSPS) is 0. The minimum atomic E-state index is 0. The molecule has 0 amide bonds. The topological polar surface area (TPSA) is 85.5 Å². The molecule has 0 aromatic heterocycles. The van der Waals surface area contributed by atoms with E-state index in [4.69, 9.17) is 0 Å². The van der Waals surface area contributed by atoms with Crippen LogP contribution < -0.4 is 0 Å². The van der Waals surface area contributed by atoms with Crippen molar-refractivity contribution in [3.8, 4) is 0 Å². The summed E-state index contributed by atoms with van der Waals surface area (Å²) in [6.07, 6.45) is 0. The van der Waals surface area contributed by atoms with Crippen LogP contribution >= 0.6 is 0 Å². The van der Waals surface area contributed by atoms with Crippen LogP contribution in [0.25, 0.3) is 0 Å². The third-order valence-corrected chi connectivity index (χ3v) is 0. The van der Waals surface area contributed by atoms with Gasteiger partial charge in [-0.15, -0.1) is 0 Å². The van der Waals surface area contributed by atoms with Crippen molar-refractivity contribution in [1.29, 1.82) is 0 Å². The molecule has 0 bridgehead atoms. The summed E-state index contributed by atoms with van der Waals surface area (Å²) < 4.78 is 0. The van der Waals surface area contributed by atoms with Crippen molar-refractivity contribution in [2.24, 2.45) is 0 Å². The minimum absolute atomic E-state index is 0. The molecule has 0 aromatic rings. The van der Waals surface area contributed by atoms with Gasteiger partial charge in [0.25, 0.3) is 0 Å². The van der Waals surface area contributed by atoms with E-state index in [0.717, 1.165) is 0 Å².